The van der Waals surface area contributed by atoms with Gasteiger partial charge in [-0.05, 0) is 51.5 Å². The molecule has 1 fully saturated rings. The summed E-state index contributed by atoms with van der Waals surface area (Å²) in [4.78, 5) is 26.7. The number of alkyl halides is 1. The van der Waals surface area contributed by atoms with E-state index in [1.165, 1.54) is 5.56 Å². The first-order valence-corrected chi connectivity index (χ1v) is 12.5. The Morgan fingerprint density at radius 2 is 2.03 bits per heavy atom. The number of anilines is 2. The fourth-order valence-corrected chi connectivity index (χ4v) is 4.89. The van der Waals surface area contributed by atoms with Crippen molar-refractivity contribution in [3.8, 4) is 11.4 Å². The quantitative estimate of drug-likeness (QED) is 0.336. The SMILES string of the molecule is CCNC(=O)Nc1ccc(-c2nc3c(c(N4CCOC[C@@H]4I)n2)CCN(C(C)C)C3)cc1. The van der Waals surface area contributed by atoms with Crippen LogP contribution < -0.4 is 15.5 Å². The molecule has 172 valence electrons. The van der Waals surface area contributed by atoms with Gasteiger partial charge in [0.1, 0.15) is 9.87 Å². The Morgan fingerprint density at radius 1 is 1.25 bits per heavy atom. The van der Waals surface area contributed by atoms with Crippen molar-refractivity contribution < 1.29 is 9.53 Å². The highest BCUT2D eigenvalue weighted by Crippen LogP contribution is 2.33. The minimum Gasteiger partial charge on any atom is -0.377 e. The molecule has 2 aliphatic heterocycles. The zero-order valence-electron chi connectivity index (χ0n) is 18.9. The Balaban J connectivity index is 1.68. The Hall–Kier alpha value is -1.98. The lowest BCUT2D eigenvalue weighted by Gasteiger charge is -2.37. The number of hydrogen-bond acceptors (Lipinski definition) is 6. The monoisotopic (exact) mass is 550 g/mol. The molecule has 2 N–H and O–H groups in total. The van der Waals surface area contributed by atoms with Crippen molar-refractivity contribution in [1.29, 1.82) is 0 Å². The van der Waals surface area contributed by atoms with Crippen molar-refractivity contribution in [3.63, 3.8) is 0 Å². The Bertz CT molecular complexity index is 952. The van der Waals surface area contributed by atoms with Crippen LogP contribution in [0.5, 0.6) is 0 Å². The number of urea groups is 1. The number of carbonyl (C=O) groups is 1. The second-order valence-electron chi connectivity index (χ2n) is 8.37. The van der Waals surface area contributed by atoms with Crippen molar-refractivity contribution in [2.24, 2.45) is 0 Å². The Labute approximate surface area is 203 Å². The number of amides is 2. The highest BCUT2D eigenvalue weighted by molar-refractivity contribution is 14.1. The fourth-order valence-electron chi connectivity index (χ4n) is 4.09. The standard InChI is InChI=1S/C23H31IN6O2/c1-4-25-23(31)26-17-7-5-16(6-8-17)21-27-19-13-29(15(2)3)10-9-18(19)22(28-21)30-11-12-32-14-20(30)24/h5-8,15,20H,4,9-14H2,1-3H3,(H2,25,26,31)/t20-/m1/s1. The maximum Gasteiger partial charge on any atom is 0.319 e. The molecule has 0 bridgehead atoms. The summed E-state index contributed by atoms with van der Waals surface area (Å²) in [6.07, 6.45) is 0.958. The van der Waals surface area contributed by atoms with Gasteiger partial charge in [-0.15, -0.1) is 0 Å². The van der Waals surface area contributed by atoms with Gasteiger partial charge in [-0.2, -0.15) is 0 Å². The number of ether oxygens (including phenoxy) is 1. The maximum absolute atomic E-state index is 11.8. The molecule has 0 saturated carbocycles. The van der Waals surface area contributed by atoms with Crippen molar-refractivity contribution in [2.45, 2.75) is 43.8 Å². The third kappa shape index (κ3) is 5.15. The molecule has 2 aliphatic rings. The van der Waals surface area contributed by atoms with Crippen LogP contribution in [-0.4, -0.2) is 63.8 Å². The fraction of sp³-hybridized carbons (Fsp3) is 0.522. The second-order valence-corrected chi connectivity index (χ2v) is 9.81. The molecule has 1 saturated heterocycles. The molecule has 0 unspecified atom stereocenters. The lowest BCUT2D eigenvalue weighted by atomic mass is 10.0. The van der Waals surface area contributed by atoms with E-state index in [9.17, 15) is 4.79 Å². The molecule has 2 amide bonds. The number of benzene rings is 1. The second kappa shape index (κ2) is 10.3. The summed E-state index contributed by atoms with van der Waals surface area (Å²) in [5.74, 6) is 1.77. The lowest BCUT2D eigenvalue weighted by molar-refractivity contribution is 0.118. The highest BCUT2D eigenvalue weighted by Gasteiger charge is 2.30. The smallest absolute Gasteiger partial charge is 0.319 e. The molecule has 1 atom stereocenters. The summed E-state index contributed by atoms with van der Waals surface area (Å²) in [6.45, 7) is 11.1. The Morgan fingerprint density at radius 3 is 2.72 bits per heavy atom. The van der Waals surface area contributed by atoms with Crippen molar-refractivity contribution in [3.05, 3.63) is 35.5 Å². The lowest BCUT2D eigenvalue weighted by Crippen LogP contribution is -2.44. The van der Waals surface area contributed by atoms with Gasteiger partial charge in [0.2, 0.25) is 0 Å². The minimum absolute atomic E-state index is 0.207. The molecule has 32 heavy (non-hydrogen) atoms. The van der Waals surface area contributed by atoms with Crippen LogP contribution in [-0.2, 0) is 17.7 Å². The van der Waals surface area contributed by atoms with Gasteiger partial charge in [-0.25, -0.2) is 14.8 Å². The Kier molecular flexibility index (Phi) is 7.47. The van der Waals surface area contributed by atoms with Crippen LogP contribution in [0.2, 0.25) is 0 Å². The van der Waals surface area contributed by atoms with Gasteiger partial charge in [0.15, 0.2) is 5.82 Å². The van der Waals surface area contributed by atoms with Gasteiger partial charge in [0.25, 0.3) is 0 Å². The minimum atomic E-state index is -0.207. The van der Waals surface area contributed by atoms with E-state index in [2.05, 4.69) is 56.9 Å². The highest BCUT2D eigenvalue weighted by atomic mass is 127. The molecule has 1 aromatic heterocycles. The predicted molar refractivity (Wildman–Crippen MR) is 135 cm³/mol. The average Bonchev–Trinajstić information content (AvgIpc) is 2.79. The van der Waals surface area contributed by atoms with Crippen LogP contribution >= 0.6 is 22.6 Å². The first-order valence-electron chi connectivity index (χ1n) is 11.2. The number of nitrogens with one attached hydrogen (secondary N) is 2. The summed E-state index contributed by atoms with van der Waals surface area (Å²) >= 11 is 2.44. The molecule has 4 rings (SSSR count). The van der Waals surface area contributed by atoms with Gasteiger partial charge in [0.05, 0.1) is 18.9 Å². The largest absolute Gasteiger partial charge is 0.377 e. The number of fused-ring (bicyclic) bond motifs is 1. The normalized spacial score (nSPS) is 19.0. The summed E-state index contributed by atoms with van der Waals surface area (Å²) in [5, 5.41) is 5.58. The van der Waals surface area contributed by atoms with E-state index in [0.717, 1.165) is 54.6 Å². The molecular formula is C23H31IN6O2. The molecule has 0 radical (unpaired) electrons. The van der Waals surface area contributed by atoms with Crippen LogP contribution in [0.3, 0.4) is 0 Å². The van der Waals surface area contributed by atoms with E-state index in [4.69, 9.17) is 14.7 Å². The molecule has 1 aromatic carbocycles. The van der Waals surface area contributed by atoms with Gasteiger partial charge in [-0.3, -0.25) is 4.90 Å². The molecule has 3 heterocycles. The molecule has 2 aromatic rings. The zero-order chi connectivity index (χ0) is 22.7. The van der Waals surface area contributed by atoms with Crippen molar-refractivity contribution >= 4 is 40.1 Å². The summed E-state index contributed by atoms with van der Waals surface area (Å²) in [5.41, 5.74) is 4.06. The molecule has 8 nitrogen and oxygen atoms in total. The van der Waals surface area contributed by atoms with E-state index < -0.39 is 0 Å². The summed E-state index contributed by atoms with van der Waals surface area (Å²) < 4.78 is 5.91. The first kappa shape index (κ1) is 23.2. The van der Waals surface area contributed by atoms with Crippen LogP contribution in [0.1, 0.15) is 32.0 Å². The zero-order valence-corrected chi connectivity index (χ0v) is 21.1. The van der Waals surface area contributed by atoms with E-state index in [-0.39, 0.29) is 10.1 Å². The van der Waals surface area contributed by atoms with Crippen LogP contribution in [0.25, 0.3) is 11.4 Å². The predicted octanol–water partition coefficient (Wildman–Crippen LogP) is 3.65. The van der Waals surface area contributed by atoms with Gasteiger partial charge < -0.3 is 20.3 Å². The topological polar surface area (TPSA) is 82.6 Å². The number of halogens is 1. The van der Waals surface area contributed by atoms with E-state index in [1.807, 2.05) is 31.2 Å². The van der Waals surface area contributed by atoms with Crippen molar-refractivity contribution in [1.82, 2.24) is 20.2 Å². The third-order valence-corrected chi connectivity index (χ3v) is 6.92. The van der Waals surface area contributed by atoms with Gasteiger partial charge in [0, 0.05) is 49.0 Å². The van der Waals surface area contributed by atoms with Gasteiger partial charge >= 0.3 is 6.03 Å². The maximum atomic E-state index is 11.8. The van der Waals surface area contributed by atoms with Crippen LogP contribution in [0.4, 0.5) is 16.3 Å². The van der Waals surface area contributed by atoms with Crippen LogP contribution in [0.15, 0.2) is 24.3 Å². The molecule has 0 spiro atoms. The number of rotatable bonds is 5. The number of nitrogens with zero attached hydrogens (tertiary/aromatic N) is 4. The average molecular weight is 550 g/mol. The van der Waals surface area contributed by atoms with Gasteiger partial charge in [-0.1, -0.05) is 22.6 Å². The summed E-state index contributed by atoms with van der Waals surface area (Å²) in [7, 11) is 0. The number of carbonyl (C=O) groups excluding carboxylic acids is 1. The molecule has 0 aliphatic carbocycles. The van der Waals surface area contributed by atoms with Crippen LogP contribution in [0, 0.1) is 0 Å². The first-order chi connectivity index (χ1) is 15.5. The number of hydrogen-bond donors (Lipinski definition) is 2. The van der Waals surface area contributed by atoms with E-state index in [0.29, 0.717) is 25.8 Å². The third-order valence-electron chi connectivity index (χ3n) is 5.88. The van der Waals surface area contributed by atoms with E-state index in [1.54, 1.807) is 0 Å². The van der Waals surface area contributed by atoms with E-state index >= 15 is 0 Å². The van der Waals surface area contributed by atoms with Crippen molar-refractivity contribution in [2.75, 3.05) is 43.1 Å². The molecule has 9 heteroatoms. The summed E-state index contributed by atoms with van der Waals surface area (Å²) in [6, 6.07) is 7.99. The number of aromatic nitrogens is 2. The number of morpholine rings is 1. The molecular weight excluding hydrogens is 519 g/mol.